The lowest BCUT2D eigenvalue weighted by Gasteiger charge is -2.21. The van der Waals surface area contributed by atoms with Gasteiger partial charge in [0.2, 0.25) is 5.91 Å². The topological polar surface area (TPSA) is 55.1 Å². The molecule has 3 heteroatoms. The number of hydrogen-bond donors (Lipinski definition) is 2. The summed E-state index contributed by atoms with van der Waals surface area (Å²) in [6, 6.07) is 8.07. The second kappa shape index (κ2) is 6.01. The summed E-state index contributed by atoms with van der Waals surface area (Å²) in [5.74, 6) is 0.437. The number of carbonyl (C=O) groups is 1. The first-order valence-electron chi connectivity index (χ1n) is 6.79. The average Bonchev–Trinajstić information content (AvgIpc) is 2.90. The van der Waals surface area contributed by atoms with Gasteiger partial charge in [-0.25, -0.2) is 0 Å². The Morgan fingerprint density at radius 2 is 2.06 bits per heavy atom. The van der Waals surface area contributed by atoms with Crippen molar-refractivity contribution in [2.45, 2.75) is 45.2 Å². The number of carbonyl (C=O) groups excluding carboxylic acids is 1. The molecule has 0 saturated heterocycles. The molecule has 0 heterocycles. The van der Waals surface area contributed by atoms with E-state index in [1.165, 1.54) is 25.7 Å². The molecule has 2 rings (SSSR count). The fraction of sp³-hybridized carbons (Fsp3) is 0.533. The van der Waals surface area contributed by atoms with Gasteiger partial charge < -0.3 is 11.1 Å². The van der Waals surface area contributed by atoms with Crippen molar-refractivity contribution in [2.24, 2.45) is 11.7 Å². The maximum atomic E-state index is 11.3. The molecule has 0 bridgehead atoms. The van der Waals surface area contributed by atoms with Gasteiger partial charge in [-0.05, 0) is 37.3 Å². The van der Waals surface area contributed by atoms with Crippen molar-refractivity contribution in [1.82, 2.24) is 5.32 Å². The molecule has 0 spiro atoms. The van der Waals surface area contributed by atoms with Gasteiger partial charge in [0.1, 0.15) is 0 Å². The van der Waals surface area contributed by atoms with Gasteiger partial charge in [-0.2, -0.15) is 0 Å². The highest BCUT2D eigenvalue weighted by Gasteiger charge is 2.21. The number of hydrogen-bond acceptors (Lipinski definition) is 2. The van der Waals surface area contributed by atoms with Crippen molar-refractivity contribution in [3.63, 3.8) is 0 Å². The minimum absolute atomic E-state index is 0.346. The summed E-state index contributed by atoms with van der Waals surface area (Å²) < 4.78 is 0. The zero-order valence-corrected chi connectivity index (χ0v) is 11.0. The SMILES string of the molecule is CC(NCc1ccccc1C(N)=O)C1CCCC1. The molecule has 1 aromatic rings. The summed E-state index contributed by atoms with van der Waals surface area (Å²) in [5.41, 5.74) is 7.00. The molecule has 3 N–H and O–H groups in total. The van der Waals surface area contributed by atoms with Crippen LogP contribution in [0.25, 0.3) is 0 Å². The van der Waals surface area contributed by atoms with E-state index in [2.05, 4.69) is 12.2 Å². The van der Waals surface area contributed by atoms with Crippen molar-refractivity contribution >= 4 is 5.91 Å². The smallest absolute Gasteiger partial charge is 0.249 e. The van der Waals surface area contributed by atoms with Gasteiger partial charge in [0, 0.05) is 18.2 Å². The lowest BCUT2D eigenvalue weighted by molar-refractivity contribution is 0.0999. The second-order valence-electron chi connectivity index (χ2n) is 5.24. The normalized spacial score (nSPS) is 17.8. The van der Waals surface area contributed by atoms with Crippen LogP contribution in [0.5, 0.6) is 0 Å². The molecule has 1 aliphatic rings. The van der Waals surface area contributed by atoms with Crippen LogP contribution < -0.4 is 11.1 Å². The highest BCUT2D eigenvalue weighted by Crippen LogP contribution is 2.27. The highest BCUT2D eigenvalue weighted by atomic mass is 16.1. The van der Waals surface area contributed by atoms with Gasteiger partial charge >= 0.3 is 0 Å². The minimum atomic E-state index is -0.346. The van der Waals surface area contributed by atoms with E-state index >= 15 is 0 Å². The molecular formula is C15H22N2O. The van der Waals surface area contributed by atoms with E-state index in [4.69, 9.17) is 5.73 Å². The predicted octanol–water partition coefficient (Wildman–Crippen LogP) is 2.45. The molecule has 1 unspecified atom stereocenters. The van der Waals surface area contributed by atoms with E-state index < -0.39 is 0 Å². The Kier molecular flexibility index (Phi) is 4.37. The highest BCUT2D eigenvalue weighted by molar-refractivity contribution is 5.94. The number of primary amides is 1. The predicted molar refractivity (Wildman–Crippen MR) is 73.2 cm³/mol. The summed E-state index contributed by atoms with van der Waals surface area (Å²) in [7, 11) is 0. The summed E-state index contributed by atoms with van der Waals surface area (Å²) in [5, 5.41) is 3.53. The summed E-state index contributed by atoms with van der Waals surface area (Å²) in [6.07, 6.45) is 5.36. The first kappa shape index (κ1) is 13.1. The van der Waals surface area contributed by atoms with Crippen LogP contribution in [0.3, 0.4) is 0 Å². The van der Waals surface area contributed by atoms with Crippen LogP contribution in [0.1, 0.15) is 48.5 Å². The molecule has 0 aromatic heterocycles. The third-order valence-electron chi connectivity index (χ3n) is 4.00. The largest absolute Gasteiger partial charge is 0.366 e. The van der Waals surface area contributed by atoms with Crippen molar-refractivity contribution in [3.05, 3.63) is 35.4 Å². The number of amides is 1. The number of benzene rings is 1. The Bertz CT molecular complexity index is 411. The Hall–Kier alpha value is -1.35. The number of rotatable bonds is 5. The van der Waals surface area contributed by atoms with Crippen molar-refractivity contribution in [3.8, 4) is 0 Å². The minimum Gasteiger partial charge on any atom is -0.366 e. The van der Waals surface area contributed by atoms with E-state index in [1.54, 1.807) is 6.07 Å². The van der Waals surface area contributed by atoms with Crippen LogP contribution in [-0.4, -0.2) is 11.9 Å². The molecule has 1 saturated carbocycles. The molecule has 98 valence electrons. The Morgan fingerprint density at radius 3 is 2.72 bits per heavy atom. The molecule has 1 aliphatic carbocycles. The third-order valence-corrected chi connectivity index (χ3v) is 4.00. The average molecular weight is 246 g/mol. The van der Waals surface area contributed by atoms with E-state index in [0.29, 0.717) is 11.6 Å². The lowest BCUT2D eigenvalue weighted by Crippen LogP contribution is -2.32. The number of nitrogens with two attached hydrogens (primary N) is 1. The zero-order chi connectivity index (χ0) is 13.0. The molecule has 1 amide bonds. The van der Waals surface area contributed by atoms with Crippen molar-refractivity contribution in [1.29, 1.82) is 0 Å². The standard InChI is InChI=1S/C15H22N2O/c1-11(12-6-2-3-7-12)17-10-13-8-4-5-9-14(13)15(16)18/h4-5,8-9,11-12,17H,2-3,6-7,10H2,1H3,(H2,16,18). The lowest BCUT2D eigenvalue weighted by atomic mass is 9.99. The summed E-state index contributed by atoms with van der Waals surface area (Å²) in [4.78, 5) is 11.3. The molecule has 1 atom stereocenters. The zero-order valence-electron chi connectivity index (χ0n) is 11.0. The Morgan fingerprint density at radius 1 is 1.39 bits per heavy atom. The van der Waals surface area contributed by atoms with Crippen molar-refractivity contribution in [2.75, 3.05) is 0 Å². The molecule has 0 aliphatic heterocycles. The van der Waals surface area contributed by atoms with Gasteiger partial charge in [-0.15, -0.1) is 0 Å². The maximum absolute atomic E-state index is 11.3. The molecule has 1 fully saturated rings. The van der Waals surface area contributed by atoms with Gasteiger partial charge in [0.05, 0.1) is 0 Å². The number of nitrogens with one attached hydrogen (secondary N) is 1. The van der Waals surface area contributed by atoms with Gasteiger partial charge in [0.25, 0.3) is 0 Å². The second-order valence-corrected chi connectivity index (χ2v) is 5.24. The molecule has 1 aromatic carbocycles. The van der Waals surface area contributed by atoms with Gasteiger partial charge in [-0.3, -0.25) is 4.79 Å². The summed E-state index contributed by atoms with van der Waals surface area (Å²) in [6.45, 7) is 2.96. The van der Waals surface area contributed by atoms with E-state index in [-0.39, 0.29) is 5.91 Å². The van der Waals surface area contributed by atoms with Crippen LogP contribution >= 0.6 is 0 Å². The monoisotopic (exact) mass is 246 g/mol. The molecular weight excluding hydrogens is 224 g/mol. The van der Waals surface area contributed by atoms with Gasteiger partial charge in [0.15, 0.2) is 0 Å². The summed E-state index contributed by atoms with van der Waals surface area (Å²) >= 11 is 0. The fourth-order valence-electron chi connectivity index (χ4n) is 2.81. The van der Waals surface area contributed by atoms with Crippen molar-refractivity contribution < 1.29 is 4.79 Å². The van der Waals surface area contributed by atoms with Crippen LogP contribution in [0.15, 0.2) is 24.3 Å². The van der Waals surface area contributed by atoms with E-state index in [1.807, 2.05) is 18.2 Å². The fourth-order valence-corrected chi connectivity index (χ4v) is 2.81. The first-order valence-corrected chi connectivity index (χ1v) is 6.79. The van der Waals surface area contributed by atoms with Crippen LogP contribution in [-0.2, 0) is 6.54 Å². The van der Waals surface area contributed by atoms with Crippen LogP contribution in [0.4, 0.5) is 0 Å². The maximum Gasteiger partial charge on any atom is 0.249 e. The van der Waals surface area contributed by atoms with Gasteiger partial charge in [-0.1, -0.05) is 31.0 Å². The Labute approximate surface area is 109 Å². The van der Waals surface area contributed by atoms with Crippen LogP contribution in [0, 0.1) is 5.92 Å². The quantitative estimate of drug-likeness (QED) is 0.838. The first-order chi connectivity index (χ1) is 8.68. The Balaban J connectivity index is 1.95. The molecule has 3 nitrogen and oxygen atoms in total. The molecule has 18 heavy (non-hydrogen) atoms. The van der Waals surface area contributed by atoms with Crippen LogP contribution in [0.2, 0.25) is 0 Å². The van der Waals surface area contributed by atoms with E-state index in [9.17, 15) is 4.79 Å². The molecule has 0 radical (unpaired) electrons. The third kappa shape index (κ3) is 3.10. The van der Waals surface area contributed by atoms with E-state index in [0.717, 1.165) is 18.0 Å².